The Bertz CT molecular complexity index is 797. The number of halogens is 3. The maximum atomic E-state index is 12.1. The molecule has 126 valence electrons. The zero-order valence-corrected chi connectivity index (χ0v) is 15.9. The van der Waals surface area contributed by atoms with Crippen LogP contribution >= 0.6 is 39.1 Å². The van der Waals surface area contributed by atoms with Gasteiger partial charge in [-0.1, -0.05) is 23.2 Å². The zero-order chi connectivity index (χ0) is 17.7. The first-order chi connectivity index (χ1) is 11.5. The predicted molar refractivity (Wildman–Crippen MR) is 98.8 cm³/mol. The first-order valence-corrected chi connectivity index (χ1v) is 8.21. The molecule has 2 rings (SSSR count). The fourth-order valence-electron chi connectivity index (χ4n) is 1.88. The Morgan fingerprint density at radius 2 is 1.88 bits per heavy atom. The molecule has 0 aliphatic carbocycles. The van der Waals surface area contributed by atoms with Crippen molar-refractivity contribution >= 4 is 51.3 Å². The summed E-state index contributed by atoms with van der Waals surface area (Å²) in [4.78, 5) is 12.1. The number of hydrogen-bond acceptors (Lipinski definition) is 4. The predicted octanol–water partition coefficient (Wildman–Crippen LogP) is 4.54. The number of methoxy groups -OCH3 is 2. The molecule has 0 heterocycles. The minimum absolute atomic E-state index is 0.250. The van der Waals surface area contributed by atoms with Gasteiger partial charge in [0, 0.05) is 16.7 Å². The number of rotatable bonds is 5. The minimum atomic E-state index is -0.445. The minimum Gasteiger partial charge on any atom is -0.496 e. The Balaban J connectivity index is 2.16. The number of benzene rings is 2. The van der Waals surface area contributed by atoms with Gasteiger partial charge in [-0.05, 0) is 40.2 Å². The monoisotopic (exact) mass is 430 g/mol. The fraction of sp³-hybridized carbons (Fsp3) is 0.125. The number of carbonyl (C=O) groups is 1. The van der Waals surface area contributed by atoms with E-state index in [1.54, 1.807) is 25.3 Å². The average molecular weight is 432 g/mol. The van der Waals surface area contributed by atoms with E-state index in [0.29, 0.717) is 22.1 Å². The van der Waals surface area contributed by atoms with E-state index in [-0.39, 0.29) is 10.6 Å². The number of nitrogens with zero attached hydrogens (tertiary/aromatic N) is 1. The number of carbonyl (C=O) groups excluding carboxylic acids is 1. The number of hydrogen-bond donors (Lipinski definition) is 1. The fourth-order valence-corrected chi connectivity index (χ4v) is 2.90. The topological polar surface area (TPSA) is 59.9 Å². The highest BCUT2D eigenvalue weighted by Gasteiger charge is 2.11. The lowest BCUT2D eigenvalue weighted by Gasteiger charge is -2.09. The molecule has 0 unspecified atom stereocenters. The van der Waals surface area contributed by atoms with E-state index < -0.39 is 5.91 Å². The van der Waals surface area contributed by atoms with E-state index in [0.717, 1.165) is 4.47 Å². The van der Waals surface area contributed by atoms with Gasteiger partial charge in [0.05, 0.1) is 35.5 Å². The van der Waals surface area contributed by atoms with E-state index in [9.17, 15) is 4.79 Å². The Morgan fingerprint density at radius 1 is 1.17 bits per heavy atom. The third kappa shape index (κ3) is 4.41. The maximum absolute atomic E-state index is 12.1. The van der Waals surface area contributed by atoms with Gasteiger partial charge >= 0.3 is 0 Å². The van der Waals surface area contributed by atoms with E-state index in [1.807, 2.05) is 0 Å². The second-order valence-electron chi connectivity index (χ2n) is 4.55. The lowest BCUT2D eigenvalue weighted by molar-refractivity contribution is 0.0955. The summed E-state index contributed by atoms with van der Waals surface area (Å²) in [6, 6.07) is 8.08. The van der Waals surface area contributed by atoms with Crippen LogP contribution in [0.4, 0.5) is 0 Å². The Kier molecular flexibility index (Phi) is 6.48. The lowest BCUT2D eigenvalue weighted by atomic mass is 10.2. The second kappa shape index (κ2) is 8.37. The molecule has 0 aliphatic rings. The highest BCUT2D eigenvalue weighted by molar-refractivity contribution is 9.10. The van der Waals surface area contributed by atoms with Crippen LogP contribution in [0.3, 0.4) is 0 Å². The number of amides is 1. The van der Waals surface area contributed by atoms with Gasteiger partial charge in [0.2, 0.25) is 0 Å². The summed E-state index contributed by atoms with van der Waals surface area (Å²) < 4.78 is 11.2. The molecule has 2 aromatic carbocycles. The largest absolute Gasteiger partial charge is 0.496 e. The summed E-state index contributed by atoms with van der Waals surface area (Å²) in [7, 11) is 3.09. The first kappa shape index (κ1) is 18.6. The molecule has 0 radical (unpaired) electrons. The molecule has 24 heavy (non-hydrogen) atoms. The van der Waals surface area contributed by atoms with E-state index in [2.05, 4.69) is 26.5 Å². The van der Waals surface area contributed by atoms with E-state index in [4.69, 9.17) is 32.7 Å². The summed E-state index contributed by atoms with van der Waals surface area (Å²) in [5, 5.41) is 4.63. The van der Waals surface area contributed by atoms with Crippen LogP contribution in [0.2, 0.25) is 10.0 Å². The van der Waals surface area contributed by atoms with Gasteiger partial charge in [0.25, 0.3) is 5.91 Å². The van der Waals surface area contributed by atoms with E-state index >= 15 is 0 Å². The summed E-state index contributed by atoms with van der Waals surface area (Å²) >= 11 is 15.2. The van der Waals surface area contributed by atoms with Crippen LogP contribution in [-0.4, -0.2) is 26.3 Å². The van der Waals surface area contributed by atoms with Gasteiger partial charge in [-0.15, -0.1) is 0 Å². The standard InChI is InChI=1S/C16H13BrCl2N2O3/c1-23-14-7-15(24-2)12(17)5-9(14)8-20-21-16(22)11-4-3-10(18)6-13(11)19/h3-8H,1-2H3,(H,21,22)/b20-8+. The molecule has 0 atom stereocenters. The Morgan fingerprint density at radius 3 is 2.50 bits per heavy atom. The number of hydrazone groups is 1. The molecule has 0 aliphatic heterocycles. The van der Waals surface area contributed by atoms with Crippen LogP contribution in [-0.2, 0) is 0 Å². The van der Waals surface area contributed by atoms with Crippen molar-refractivity contribution in [3.8, 4) is 11.5 Å². The van der Waals surface area contributed by atoms with Gasteiger partial charge in [-0.3, -0.25) is 4.79 Å². The summed E-state index contributed by atoms with van der Waals surface area (Å²) in [5.74, 6) is 0.734. The van der Waals surface area contributed by atoms with Gasteiger partial charge in [-0.25, -0.2) is 5.43 Å². The number of ether oxygens (including phenoxy) is 2. The highest BCUT2D eigenvalue weighted by Crippen LogP contribution is 2.31. The Hall–Kier alpha value is -1.76. The molecule has 1 N–H and O–H groups in total. The molecule has 0 bridgehead atoms. The molecule has 2 aromatic rings. The summed E-state index contributed by atoms with van der Waals surface area (Å²) in [6.45, 7) is 0. The molecular formula is C16H13BrCl2N2O3. The zero-order valence-electron chi connectivity index (χ0n) is 12.8. The van der Waals surface area contributed by atoms with Gasteiger partial charge in [-0.2, -0.15) is 5.10 Å². The summed E-state index contributed by atoms with van der Waals surface area (Å²) in [6.07, 6.45) is 1.46. The van der Waals surface area contributed by atoms with Crippen molar-refractivity contribution in [2.75, 3.05) is 14.2 Å². The second-order valence-corrected chi connectivity index (χ2v) is 6.25. The molecule has 1 amide bonds. The van der Waals surface area contributed by atoms with Crippen molar-refractivity contribution in [3.63, 3.8) is 0 Å². The highest BCUT2D eigenvalue weighted by atomic mass is 79.9. The van der Waals surface area contributed by atoms with Crippen LogP contribution in [0, 0.1) is 0 Å². The van der Waals surface area contributed by atoms with Crippen molar-refractivity contribution < 1.29 is 14.3 Å². The van der Waals surface area contributed by atoms with Gasteiger partial charge in [0.1, 0.15) is 11.5 Å². The third-order valence-electron chi connectivity index (χ3n) is 3.05. The lowest BCUT2D eigenvalue weighted by Crippen LogP contribution is -2.18. The van der Waals surface area contributed by atoms with Crippen LogP contribution in [0.1, 0.15) is 15.9 Å². The molecule has 8 heteroatoms. The van der Waals surface area contributed by atoms with Crippen molar-refractivity contribution in [2.24, 2.45) is 5.10 Å². The van der Waals surface area contributed by atoms with Crippen LogP contribution < -0.4 is 14.9 Å². The maximum Gasteiger partial charge on any atom is 0.272 e. The van der Waals surface area contributed by atoms with Crippen LogP contribution in [0.15, 0.2) is 39.9 Å². The smallest absolute Gasteiger partial charge is 0.272 e. The molecule has 0 saturated carbocycles. The van der Waals surface area contributed by atoms with Crippen LogP contribution in [0.5, 0.6) is 11.5 Å². The molecule has 0 spiro atoms. The molecule has 5 nitrogen and oxygen atoms in total. The van der Waals surface area contributed by atoms with Crippen molar-refractivity contribution in [1.82, 2.24) is 5.43 Å². The van der Waals surface area contributed by atoms with Crippen LogP contribution in [0.25, 0.3) is 0 Å². The van der Waals surface area contributed by atoms with Gasteiger partial charge < -0.3 is 9.47 Å². The third-order valence-corrected chi connectivity index (χ3v) is 4.22. The molecular weight excluding hydrogens is 419 g/mol. The summed E-state index contributed by atoms with van der Waals surface area (Å²) in [5.41, 5.74) is 3.35. The molecule has 0 aromatic heterocycles. The van der Waals surface area contributed by atoms with Crippen molar-refractivity contribution in [2.45, 2.75) is 0 Å². The Labute approximate surface area is 157 Å². The van der Waals surface area contributed by atoms with Gasteiger partial charge in [0.15, 0.2) is 0 Å². The quantitative estimate of drug-likeness (QED) is 0.558. The molecule has 0 fully saturated rings. The normalized spacial score (nSPS) is 10.7. The van der Waals surface area contributed by atoms with Crippen molar-refractivity contribution in [1.29, 1.82) is 0 Å². The SMILES string of the molecule is COc1cc(OC)c(/C=N/NC(=O)c2ccc(Cl)cc2Cl)cc1Br. The van der Waals surface area contributed by atoms with Crippen molar-refractivity contribution in [3.05, 3.63) is 56.0 Å². The van der Waals surface area contributed by atoms with E-state index in [1.165, 1.54) is 25.5 Å². The average Bonchev–Trinajstić information content (AvgIpc) is 2.55. The molecule has 0 saturated heterocycles. The number of nitrogens with one attached hydrogen (secondary N) is 1. The first-order valence-electron chi connectivity index (χ1n) is 6.66.